The Bertz CT molecular complexity index is 379. The van der Waals surface area contributed by atoms with Crippen LogP contribution in [-0.2, 0) is 4.79 Å². The Balaban J connectivity index is 2.57. The van der Waals surface area contributed by atoms with Gasteiger partial charge in [0.15, 0.2) is 0 Å². The van der Waals surface area contributed by atoms with Crippen molar-refractivity contribution in [2.45, 2.75) is 39.5 Å². The Hall–Kier alpha value is -1.02. The molecule has 0 bridgehead atoms. The maximum absolute atomic E-state index is 12.1. The van der Waals surface area contributed by atoms with E-state index in [1.54, 1.807) is 0 Å². The summed E-state index contributed by atoms with van der Waals surface area (Å²) in [6.07, 6.45) is 3.55. The fourth-order valence-corrected chi connectivity index (χ4v) is 2.17. The van der Waals surface area contributed by atoms with E-state index >= 15 is 0 Å². The number of hydrogen-bond donors (Lipinski definition) is 0. The van der Waals surface area contributed by atoms with Crippen LogP contribution < -0.4 is 4.90 Å². The van der Waals surface area contributed by atoms with E-state index in [1.807, 2.05) is 36.9 Å². The van der Waals surface area contributed by atoms with E-state index in [-0.39, 0.29) is 5.91 Å². The summed E-state index contributed by atoms with van der Waals surface area (Å²) < 4.78 is 0. The Labute approximate surface area is 115 Å². The van der Waals surface area contributed by atoms with Gasteiger partial charge in [-0.2, -0.15) is 0 Å². The summed E-state index contributed by atoms with van der Waals surface area (Å²) in [6, 6.07) is 8.09. The van der Waals surface area contributed by atoms with Crippen molar-refractivity contribution in [3.8, 4) is 0 Å². The molecule has 0 saturated carbocycles. The Morgan fingerprint density at radius 1 is 1.28 bits per heavy atom. The molecule has 3 heteroatoms. The number of aryl methyl sites for hydroxylation is 1. The van der Waals surface area contributed by atoms with E-state index in [0.29, 0.717) is 12.3 Å². The monoisotopic (exact) mass is 267 g/mol. The predicted molar refractivity (Wildman–Crippen MR) is 78.4 cm³/mol. The molecule has 2 nitrogen and oxygen atoms in total. The van der Waals surface area contributed by atoms with Crippen LogP contribution in [0.4, 0.5) is 5.69 Å². The predicted octanol–water partition coefficient (Wildman–Crippen LogP) is 4.15. The summed E-state index contributed by atoms with van der Waals surface area (Å²) in [5.74, 6) is 0.890. The molecule has 0 radical (unpaired) electrons. The van der Waals surface area contributed by atoms with E-state index in [4.69, 9.17) is 11.6 Å². The first-order valence-corrected chi connectivity index (χ1v) is 7.15. The summed E-state index contributed by atoms with van der Waals surface area (Å²) in [7, 11) is 0. The number of amides is 1. The molecule has 0 N–H and O–H groups in total. The largest absolute Gasteiger partial charge is 0.313 e. The minimum absolute atomic E-state index is 0.206. The smallest absolute Gasteiger partial charge is 0.226 e. The average Bonchev–Trinajstić information content (AvgIpc) is 2.36. The number of benzene rings is 1. The van der Waals surface area contributed by atoms with Crippen molar-refractivity contribution in [3.05, 3.63) is 29.8 Å². The summed E-state index contributed by atoms with van der Waals surface area (Å²) in [5, 5.41) is 0. The number of alkyl halides is 1. The van der Waals surface area contributed by atoms with Gasteiger partial charge in [-0.3, -0.25) is 4.79 Å². The topological polar surface area (TPSA) is 20.3 Å². The Kier molecular flexibility index (Phi) is 6.81. The molecule has 0 aliphatic heterocycles. The second-order valence-corrected chi connectivity index (χ2v) is 4.85. The van der Waals surface area contributed by atoms with Crippen LogP contribution in [0.1, 0.15) is 38.2 Å². The van der Waals surface area contributed by atoms with Gasteiger partial charge in [-0.05, 0) is 44.4 Å². The maximum Gasteiger partial charge on any atom is 0.226 e. The van der Waals surface area contributed by atoms with Crippen molar-refractivity contribution < 1.29 is 4.79 Å². The van der Waals surface area contributed by atoms with Gasteiger partial charge in [-0.1, -0.05) is 18.6 Å². The van der Waals surface area contributed by atoms with Crippen molar-refractivity contribution in [2.75, 3.05) is 17.3 Å². The van der Waals surface area contributed by atoms with E-state index < -0.39 is 0 Å². The molecule has 1 rings (SSSR count). The first kappa shape index (κ1) is 15.0. The highest BCUT2D eigenvalue weighted by Crippen LogP contribution is 2.17. The van der Waals surface area contributed by atoms with E-state index in [1.165, 1.54) is 5.56 Å². The highest BCUT2D eigenvalue weighted by Gasteiger charge is 2.13. The molecule has 0 saturated heterocycles. The van der Waals surface area contributed by atoms with Crippen molar-refractivity contribution in [2.24, 2.45) is 0 Å². The van der Waals surface area contributed by atoms with Crippen molar-refractivity contribution in [1.29, 1.82) is 0 Å². The second kappa shape index (κ2) is 8.15. The minimum atomic E-state index is 0.206. The molecular formula is C15H22ClNO. The van der Waals surface area contributed by atoms with Crippen LogP contribution >= 0.6 is 11.6 Å². The van der Waals surface area contributed by atoms with Gasteiger partial charge in [-0.15, -0.1) is 11.6 Å². The molecule has 0 fully saturated rings. The van der Waals surface area contributed by atoms with Crippen molar-refractivity contribution in [3.63, 3.8) is 0 Å². The minimum Gasteiger partial charge on any atom is -0.313 e. The third-order valence-electron chi connectivity index (χ3n) is 2.95. The number of halogens is 1. The number of carbonyl (C=O) groups excluding carboxylic acids is 1. The lowest BCUT2D eigenvalue weighted by Crippen LogP contribution is -2.30. The average molecular weight is 268 g/mol. The van der Waals surface area contributed by atoms with E-state index in [9.17, 15) is 4.79 Å². The van der Waals surface area contributed by atoms with Crippen LogP contribution in [0.5, 0.6) is 0 Å². The zero-order chi connectivity index (χ0) is 13.4. The van der Waals surface area contributed by atoms with Gasteiger partial charge < -0.3 is 4.90 Å². The van der Waals surface area contributed by atoms with Crippen LogP contribution in [0.15, 0.2) is 24.3 Å². The standard InChI is InChI=1S/C15H22ClNO/c1-3-17(14-9-7-8-13(2)12-14)15(18)10-5-4-6-11-16/h7-9,12H,3-6,10-11H2,1-2H3. The molecule has 1 aromatic rings. The highest BCUT2D eigenvalue weighted by molar-refractivity contribution is 6.17. The first-order valence-electron chi connectivity index (χ1n) is 6.62. The highest BCUT2D eigenvalue weighted by atomic mass is 35.5. The fourth-order valence-electron chi connectivity index (χ4n) is 1.98. The molecule has 0 aliphatic rings. The molecule has 0 atom stereocenters. The van der Waals surface area contributed by atoms with Gasteiger partial charge in [0, 0.05) is 24.5 Å². The second-order valence-electron chi connectivity index (χ2n) is 4.48. The molecule has 0 unspecified atom stereocenters. The lowest BCUT2D eigenvalue weighted by molar-refractivity contribution is -0.118. The third kappa shape index (κ3) is 4.69. The van der Waals surface area contributed by atoms with Crippen molar-refractivity contribution in [1.82, 2.24) is 0 Å². The molecule has 0 aliphatic carbocycles. The lowest BCUT2D eigenvalue weighted by atomic mass is 10.1. The molecule has 18 heavy (non-hydrogen) atoms. The summed E-state index contributed by atoms with van der Waals surface area (Å²) >= 11 is 5.62. The quantitative estimate of drug-likeness (QED) is 0.537. The fraction of sp³-hybridized carbons (Fsp3) is 0.533. The van der Waals surface area contributed by atoms with Gasteiger partial charge in [0.25, 0.3) is 0 Å². The third-order valence-corrected chi connectivity index (χ3v) is 3.22. The summed E-state index contributed by atoms with van der Waals surface area (Å²) in [5.41, 5.74) is 2.18. The number of carbonyl (C=O) groups is 1. The van der Waals surface area contributed by atoms with Crippen LogP contribution in [-0.4, -0.2) is 18.3 Å². The van der Waals surface area contributed by atoms with Gasteiger partial charge in [0.2, 0.25) is 5.91 Å². The van der Waals surface area contributed by atoms with E-state index in [2.05, 4.69) is 6.07 Å². The molecule has 100 valence electrons. The number of hydrogen-bond acceptors (Lipinski definition) is 1. The number of anilines is 1. The molecule has 0 aromatic heterocycles. The zero-order valence-electron chi connectivity index (χ0n) is 11.3. The molecule has 1 aromatic carbocycles. The van der Waals surface area contributed by atoms with Gasteiger partial charge in [-0.25, -0.2) is 0 Å². The summed E-state index contributed by atoms with van der Waals surface area (Å²) in [4.78, 5) is 14.0. The first-order chi connectivity index (χ1) is 8.69. The Morgan fingerprint density at radius 3 is 2.67 bits per heavy atom. The summed E-state index contributed by atoms with van der Waals surface area (Å²) in [6.45, 7) is 4.78. The van der Waals surface area contributed by atoms with Crippen LogP contribution in [0.2, 0.25) is 0 Å². The van der Waals surface area contributed by atoms with Crippen molar-refractivity contribution >= 4 is 23.2 Å². The van der Waals surface area contributed by atoms with Gasteiger partial charge in [0.05, 0.1) is 0 Å². The SMILES string of the molecule is CCN(C(=O)CCCCCCl)c1cccc(C)c1. The molecule has 0 spiro atoms. The van der Waals surface area contributed by atoms with Crippen LogP contribution in [0.25, 0.3) is 0 Å². The lowest BCUT2D eigenvalue weighted by Gasteiger charge is -2.21. The maximum atomic E-state index is 12.1. The molecular weight excluding hydrogens is 246 g/mol. The number of unbranched alkanes of at least 4 members (excludes halogenated alkanes) is 2. The number of rotatable bonds is 7. The molecule has 1 amide bonds. The number of nitrogens with zero attached hydrogens (tertiary/aromatic N) is 1. The van der Waals surface area contributed by atoms with E-state index in [0.717, 1.165) is 31.5 Å². The zero-order valence-corrected chi connectivity index (χ0v) is 12.0. The Morgan fingerprint density at radius 2 is 2.06 bits per heavy atom. The van der Waals surface area contributed by atoms with Crippen LogP contribution in [0.3, 0.4) is 0 Å². The van der Waals surface area contributed by atoms with Crippen LogP contribution in [0, 0.1) is 6.92 Å². The van der Waals surface area contributed by atoms with Gasteiger partial charge in [0.1, 0.15) is 0 Å². The van der Waals surface area contributed by atoms with Gasteiger partial charge >= 0.3 is 0 Å². The molecule has 0 heterocycles. The normalized spacial score (nSPS) is 10.4.